The first-order valence-electron chi connectivity index (χ1n) is 3.51. The smallest absolute Gasteiger partial charge is 0.403 e. The molecule has 0 aliphatic rings. The Bertz CT molecular complexity index is 401. The summed E-state index contributed by atoms with van der Waals surface area (Å²) in [6, 6.07) is 2.90. The van der Waals surface area contributed by atoms with Crippen LogP contribution in [0.5, 0.6) is 5.75 Å². The lowest BCUT2D eigenvalue weighted by molar-refractivity contribution is 0.283. The van der Waals surface area contributed by atoms with E-state index in [0.29, 0.717) is 5.56 Å². The van der Waals surface area contributed by atoms with Gasteiger partial charge in [-0.05, 0) is 18.6 Å². The lowest BCUT2D eigenvalue weighted by Crippen LogP contribution is -1.91. The zero-order chi connectivity index (χ0) is 10.9. The van der Waals surface area contributed by atoms with E-state index >= 15 is 0 Å². The molecule has 4 nitrogen and oxygen atoms in total. The third kappa shape index (κ3) is 2.87. The molecule has 0 heterocycles. The summed E-state index contributed by atoms with van der Waals surface area (Å²) >= 11 is 11.5. The van der Waals surface area contributed by atoms with Crippen LogP contribution in [0.15, 0.2) is 12.1 Å². The number of hydrogen-bond acceptors (Lipinski definition) is 2. The van der Waals surface area contributed by atoms with Crippen molar-refractivity contribution in [2.24, 2.45) is 0 Å². The Labute approximate surface area is 90.7 Å². The zero-order valence-electron chi connectivity index (χ0n) is 7.07. The van der Waals surface area contributed by atoms with Gasteiger partial charge in [-0.3, -0.25) is 9.79 Å². The van der Waals surface area contributed by atoms with Crippen LogP contribution in [-0.2, 0) is 4.57 Å². The Morgan fingerprint density at radius 3 is 2.36 bits per heavy atom. The highest BCUT2D eigenvalue weighted by Crippen LogP contribution is 2.43. The monoisotopic (exact) mass is 256 g/mol. The van der Waals surface area contributed by atoms with Crippen molar-refractivity contribution in [3.8, 4) is 5.75 Å². The maximum Gasteiger partial charge on any atom is 0.524 e. The molecule has 0 unspecified atom stereocenters. The molecule has 0 atom stereocenters. The summed E-state index contributed by atoms with van der Waals surface area (Å²) in [5.74, 6) is -0.129. The quantitative estimate of drug-likeness (QED) is 0.799. The maximum atomic E-state index is 10.5. The van der Waals surface area contributed by atoms with Gasteiger partial charge in [0.25, 0.3) is 0 Å². The van der Waals surface area contributed by atoms with Gasteiger partial charge in [-0.2, -0.15) is 0 Å². The van der Waals surface area contributed by atoms with E-state index in [4.69, 9.17) is 33.0 Å². The minimum absolute atomic E-state index is 0.00464. The van der Waals surface area contributed by atoms with Gasteiger partial charge in [-0.15, -0.1) is 0 Å². The SMILES string of the molecule is Cc1ccc(OP(=O)(O)O)c(Cl)c1Cl. The van der Waals surface area contributed by atoms with E-state index in [9.17, 15) is 4.57 Å². The van der Waals surface area contributed by atoms with Crippen LogP contribution in [0.4, 0.5) is 0 Å². The first-order valence-corrected chi connectivity index (χ1v) is 5.79. The van der Waals surface area contributed by atoms with Crippen molar-refractivity contribution in [3.63, 3.8) is 0 Å². The van der Waals surface area contributed by atoms with Crippen molar-refractivity contribution in [1.82, 2.24) is 0 Å². The van der Waals surface area contributed by atoms with Gasteiger partial charge >= 0.3 is 7.82 Å². The predicted molar refractivity (Wildman–Crippen MR) is 53.9 cm³/mol. The second-order valence-electron chi connectivity index (χ2n) is 2.59. The molecule has 0 bridgehead atoms. The van der Waals surface area contributed by atoms with E-state index in [1.165, 1.54) is 6.07 Å². The van der Waals surface area contributed by atoms with Crippen LogP contribution in [-0.4, -0.2) is 9.79 Å². The molecular formula is C7H7Cl2O4P. The molecule has 0 saturated heterocycles. The predicted octanol–water partition coefficient (Wildman–Crippen LogP) is 2.77. The number of halogens is 2. The fraction of sp³-hybridized carbons (Fsp3) is 0.143. The van der Waals surface area contributed by atoms with E-state index in [0.717, 1.165) is 0 Å². The lowest BCUT2D eigenvalue weighted by Gasteiger charge is -2.10. The van der Waals surface area contributed by atoms with Gasteiger partial charge in [0.15, 0.2) is 5.75 Å². The fourth-order valence-corrected chi connectivity index (χ4v) is 1.70. The third-order valence-electron chi connectivity index (χ3n) is 1.46. The van der Waals surface area contributed by atoms with Gasteiger partial charge in [0.05, 0.1) is 5.02 Å². The summed E-state index contributed by atoms with van der Waals surface area (Å²) in [4.78, 5) is 17.1. The van der Waals surface area contributed by atoms with Crippen molar-refractivity contribution < 1.29 is 18.9 Å². The number of hydrogen-bond donors (Lipinski definition) is 2. The average molecular weight is 257 g/mol. The molecule has 7 heteroatoms. The Morgan fingerprint density at radius 2 is 1.86 bits per heavy atom. The van der Waals surface area contributed by atoms with Gasteiger partial charge < -0.3 is 4.52 Å². The van der Waals surface area contributed by atoms with Crippen LogP contribution in [0.2, 0.25) is 10.0 Å². The summed E-state index contributed by atoms with van der Waals surface area (Å²) in [5, 5.41) is 0.215. The van der Waals surface area contributed by atoms with Crippen LogP contribution in [0.25, 0.3) is 0 Å². The Hall–Kier alpha value is -0.250. The van der Waals surface area contributed by atoms with Crippen molar-refractivity contribution in [2.45, 2.75) is 6.92 Å². The molecule has 0 aromatic heterocycles. The van der Waals surface area contributed by atoms with Crippen molar-refractivity contribution in [3.05, 3.63) is 27.7 Å². The van der Waals surface area contributed by atoms with Gasteiger partial charge in [0, 0.05) is 0 Å². The molecule has 14 heavy (non-hydrogen) atoms. The fourth-order valence-electron chi connectivity index (χ4n) is 0.827. The number of phosphoric acid groups is 1. The van der Waals surface area contributed by atoms with Crippen LogP contribution in [0, 0.1) is 6.92 Å². The molecule has 1 rings (SSSR count). The maximum absolute atomic E-state index is 10.5. The summed E-state index contributed by atoms with van der Waals surface area (Å²) < 4.78 is 14.8. The summed E-state index contributed by atoms with van der Waals surface area (Å²) in [6.45, 7) is 1.72. The highest BCUT2D eigenvalue weighted by Gasteiger charge is 2.19. The molecule has 2 N–H and O–H groups in total. The van der Waals surface area contributed by atoms with Crippen LogP contribution >= 0.6 is 31.0 Å². The standard InChI is InChI=1S/C7H7Cl2O4P/c1-4-2-3-5(7(9)6(4)8)13-14(10,11)12/h2-3H,1H3,(H2,10,11,12). The summed E-state index contributed by atoms with van der Waals surface area (Å²) in [7, 11) is -4.59. The van der Waals surface area contributed by atoms with Crippen LogP contribution in [0.3, 0.4) is 0 Å². The van der Waals surface area contributed by atoms with Crippen molar-refractivity contribution in [1.29, 1.82) is 0 Å². The minimum Gasteiger partial charge on any atom is -0.403 e. The third-order valence-corrected chi connectivity index (χ3v) is 2.85. The molecule has 0 aliphatic heterocycles. The number of aryl methyl sites for hydroxylation is 1. The van der Waals surface area contributed by atoms with Crippen LogP contribution in [0.1, 0.15) is 5.56 Å². The van der Waals surface area contributed by atoms with E-state index in [1.54, 1.807) is 13.0 Å². The molecule has 1 aromatic rings. The first kappa shape index (κ1) is 11.8. The number of benzene rings is 1. The molecule has 0 aliphatic carbocycles. The molecular weight excluding hydrogens is 250 g/mol. The van der Waals surface area contributed by atoms with E-state index < -0.39 is 7.82 Å². The minimum atomic E-state index is -4.59. The Balaban J connectivity index is 3.12. The van der Waals surface area contributed by atoms with Gasteiger partial charge in [-0.1, -0.05) is 29.3 Å². The van der Waals surface area contributed by atoms with E-state index in [-0.39, 0.29) is 15.8 Å². The number of rotatable bonds is 2. The van der Waals surface area contributed by atoms with Crippen molar-refractivity contribution >= 4 is 31.0 Å². The number of phosphoric ester groups is 1. The second-order valence-corrected chi connectivity index (χ2v) is 4.51. The summed E-state index contributed by atoms with van der Waals surface area (Å²) in [6.07, 6.45) is 0. The molecule has 0 amide bonds. The van der Waals surface area contributed by atoms with Crippen molar-refractivity contribution in [2.75, 3.05) is 0 Å². The normalized spacial score (nSPS) is 11.5. The average Bonchev–Trinajstić information content (AvgIpc) is 2.04. The lowest BCUT2D eigenvalue weighted by atomic mass is 10.2. The van der Waals surface area contributed by atoms with Gasteiger partial charge in [-0.25, -0.2) is 4.57 Å². The first-order chi connectivity index (χ1) is 6.31. The highest BCUT2D eigenvalue weighted by molar-refractivity contribution is 7.46. The molecule has 1 aromatic carbocycles. The molecule has 0 saturated carbocycles. The highest BCUT2D eigenvalue weighted by atomic mass is 35.5. The van der Waals surface area contributed by atoms with E-state index in [1.807, 2.05) is 0 Å². The molecule has 78 valence electrons. The summed E-state index contributed by atoms with van der Waals surface area (Å²) in [5.41, 5.74) is 0.703. The van der Waals surface area contributed by atoms with Gasteiger partial charge in [0.2, 0.25) is 0 Å². The van der Waals surface area contributed by atoms with Crippen LogP contribution < -0.4 is 4.52 Å². The van der Waals surface area contributed by atoms with Gasteiger partial charge in [0.1, 0.15) is 5.02 Å². The topological polar surface area (TPSA) is 66.8 Å². The second kappa shape index (κ2) is 4.09. The molecule has 0 fully saturated rings. The molecule has 0 spiro atoms. The Kier molecular flexibility index (Phi) is 3.45. The Morgan fingerprint density at radius 1 is 1.29 bits per heavy atom. The van der Waals surface area contributed by atoms with E-state index in [2.05, 4.69) is 4.52 Å². The zero-order valence-corrected chi connectivity index (χ0v) is 9.48. The largest absolute Gasteiger partial charge is 0.524 e. The molecule has 0 radical (unpaired) electrons.